The quantitative estimate of drug-likeness (QED) is 0.792. The van der Waals surface area contributed by atoms with E-state index in [1.54, 1.807) is 43.3 Å². The van der Waals surface area contributed by atoms with E-state index in [1.165, 1.54) is 24.9 Å². The third-order valence-corrected chi connectivity index (χ3v) is 4.33. The molecular formula is C17H17NO4S. The summed E-state index contributed by atoms with van der Waals surface area (Å²) in [5.41, 5.74) is 0.772. The number of methoxy groups -OCH3 is 1. The molecule has 120 valence electrons. The zero-order valence-electron chi connectivity index (χ0n) is 12.8. The molecule has 1 atom stereocenters. The van der Waals surface area contributed by atoms with Crippen LogP contribution in [0.5, 0.6) is 5.75 Å². The van der Waals surface area contributed by atoms with Gasteiger partial charge >= 0.3 is 5.97 Å². The van der Waals surface area contributed by atoms with Gasteiger partial charge in [-0.1, -0.05) is 24.3 Å². The number of nitrogens with one attached hydrogen (secondary N) is 1. The highest BCUT2D eigenvalue weighted by Gasteiger charge is 2.19. The molecule has 0 aliphatic heterocycles. The molecule has 0 heterocycles. The van der Waals surface area contributed by atoms with Crippen LogP contribution in [0.25, 0.3) is 0 Å². The minimum atomic E-state index is -1.01. The van der Waals surface area contributed by atoms with Crippen molar-refractivity contribution < 1.29 is 19.4 Å². The number of carboxylic acid groups (broad SMARTS) is 1. The fourth-order valence-electron chi connectivity index (χ4n) is 1.97. The number of rotatable bonds is 6. The first-order valence-corrected chi connectivity index (χ1v) is 7.83. The largest absolute Gasteiger partial charge is 0.495 e. The van der Waals surface area contributed by atoms with Crippen LogP contribution in [0.15, 0.2) is 53.4 Å². The first kappa shape index (κ1) is 16.9. The van der Waals surface area contributed by atoms with E-state index in [2.05, 4.69) is 5.32 Å². The summed E-state index contributed by atoms with van der Waals surface area (Å²) in [5, 5.41) is 11.5. The highest BCUT2D eigenvalue weighted by Crippen LogP contribution is 2.29. The van der Waals surface area contributed by atoms with Gasteiger partial charge in [-0.2, -0.15) is 0 Å². The normalized spacial score (nSPS) is 11.6. The van der Waals surface area contributed by atoms with Crippen LogP contribution in [-0.4, -0.2) is 29.3 Å². The molecule has 0 radical (unpaired) electrons. The monoisotopic (exact) mass is 331 g/mol. The molecule has 0 unspecified atom stereocenters. The van der Waals surface area contributed by atoms with Crippen molar-refractivity contribution in [1.29, 1.82) is 0 Å². The summed E-state index contributed by atoms with van der Waals surface area (Å²) in [6, 6.07) is 13.8. The summed E-state index contributed by atoms with van der Waals surface area (Å²) >= 11 is 1.21. The molecule has 2 N–H and O–H groups in total. The van der Waals surface area contributed by atoms with Gasteiger partial charge in [-0.15, -0.1) is 11.8 Å². The zero-order chi connectivity index (χ0) is 16.8. The SMILES string of the molecule is COc1ccccc1NC(=O)[C@@H](C)Sc1ccccc1C(=O)O. The van der Waals surface area contributed by atoms with Gasteiger partial charge < -0.3 is 15.2 Å². The van der Waals surface area contributed by atoms with E-state index in [0.717, 1.165) is 0 Å². The van der Waals surface area contributed by atoms with E-state index in [0.29, 0.717) is 16.3 Å². The topological polar surface area (TPSA) is 75.6 Å². The molecule has 5 nitrogen and oxygen atoms in total. The van der Waals surface area contributed by atoms with Crippen LogP contribution in [-0.2, 0) is 4.79 Å². The van der Waals surface area contributed by atoms with E-state index in [-0.39, 0.29) is 11.5 Å². The van der Waals surface area contributed by atoms with Gasteiger partial charge in [-0.3, -0.25) is 4.79 Å². The summed E-state index contributed by atoms with van der Waals surface area (Å²) in [4.78, 5) is 24.1. The van der Waals surface area contributed by atoms with Crippen LogP contribution >= 0.6 is 11.8 Å². The van der Waals surface area contributed by atoms with E-state index in [4.69, 9.17) is 4.74 Å². The lowest BCUT2D eigenvalue weighted by molar-refractivity contribution is -0.115. The minimum absolute atomic E-state index is 0.189. The van der Waals surface area contributed by atoms with Gasteiger partial charge in [0.1, 0.15) is 5.75 Å². The second kappa shape index (κ2) is 7.69. The van der Waals surface area contributed by atoms with Crippen LogP contribution in [0.3, 0.4) is 0 Å². The van der Waals surface area contributed by atoms with Crippen molar-refractivity contribution in [2.75, 3.05) is 12.4 Å². The van der Waals surface area contributed by atoms with E-state index >= 15 is 0 Å². The lowest BCUT2D eigenvalue weighted by Crippen LogP contribution is -2.23. The van der Waals surface area contributed by atoms with Gasteiger partial charge in [0.15, 0.2) is 0 Å². The number of thioether (sulfide) groups is 1. The number of hydrogen-bond acceptors (Lipinski definition) is 4. The average molecular weight is 331 g/mol. The maximum atomic E-state index is 12.3. The molecule has 0 fully saturated rings. The van der Waals surface area contributed by atoms with Gasteiger partial charge in [0.05, 0.1) is 23.6 Å². The molecule has 2 aromatic rings. The molecule has 0 saturated heterocycles. The van der Waals surface area contributed by atoms with Gasteiger partial charge in [-0.25, -0.2) is 4.79 Å². The molecule has 1 amide bonds. The molecule has 0 aliphatic rings. The Balaban J connectivity index is 2.10. The van der Waals surface area contributed by atoms with Gasteiger partial charge in [0.25, 0.3) is 0 Å². The predicted octanol–water partition coefficient (Wildman–Crippen LogP) is 3.51. The van der Waals surface area contributed by atoms with Crippen molar-refractivity contribution in [3.05, 3.63) is 54.1 Å². The number of hydrogen-bond donors (Lipinski definition) is 2. The number of ether oxygens (including phenoxy) is 1. The molecule has 2 aromatic carbocycles. The van der Waals surface area contributed by atoms with E-state index < -0.39 is 11.2 Å². The summed E-state index contributed by atoms with van der Waals surface area (Å²) in [5.74, 6) is -0.658. The van der Waals surface area contributed by atoms with Crippen molar-refractivity contribution in [3.8, 4) is 5.75 Å². The van der Waals surface area contributed by atoms with Crippen LogP contribution in [0.2, 0.25) is 0 Å². The van der Waals surface area contributed by atoms with Crippen LogP contribution in [0, 0.1) is 0 Å². The molecular weight excluding hydrogens is 314 g/mol. The zero-order valence-corrected chi connectivity index (χ0v) is 13.6. The highest BCUT2D eigenvalue weighted by atomic mass is 32.2. The number of para-hydroxylation sites is 2. The lowest BCUT2D eigenvalue weighted by Gasteiger charge is -2.15. The smallest absolute Gasteiger partial charge is 0.336 e. The Kier molecular flexibility index (Phi) is 5.65. The third kappa shape index (κ3) is 4.26. The number of carboxylic acids is 1. The molecule has 2 rings (SSSR count). The van der Waals surface area contributed by atoms with Crippen LogP contribution in [0.4, 0.5) is 5.69 Å². The molecule has 0 aromatic heterocycles. The fourth-order valence-corrected chi connectivity index (χ4v) is 2.96. The van der Waals surface area contributed by atoms with E-state index in [1.807, 2.05) is 6.07 Å². The molecule has 6 heteroatoms. The molecule has 0 saturated carbocycles. The second-order valence-corrected chi connectivity index (χ2v) is 6.13. The molecule has 0 bridgehead atoms. The average Bonchev–Trinajstić information content (AvgIpc) is 2.55. The second-order valence-electron chi connectivity index (χ2n) is 4.75. The van der Waals surface area contributed by atoms with Crippen molar-refractivity contribution >= 4 is 29.3 Å². The molecule has 0 spiro atoms. The Bertz CT molecular complexity index is 717. The number of amides is 1. The van der Waals surface area contributed by atoms with Crippen molar-refractivity contribution in [2.24, 2.45) is 0 Å². The number of carbonyl (C=O) groups is 2. The number of benzene rings is 2. The Labute approximate surface area is 138 Å². The first-order valence-electron chi connectivity index (χ1n) is 6.95. The minimum Gasteiger partial charge on any atom is -0.495 e. The Morgan fingerprint density at radius 1 is 1.13 bits per heavy atom. The summed E-state index contributed by atoms with van der Waals surface area (Å²) in [6.07, 6.45) is 0. The van der Waals surface area contributed by atoms with Crippen molar-refractivity contribution in [1.82, 2.24) is 0 Å². The fraction of sp³-hybridized carbons (Fsp3) is 0.176. The van der Waals surface area contributed by atoms with Crippen molar-refractivity contribution in [2.45, 2.75) is 17.1 Å². The number of anilines is 1. The first-order chi connectivity index (χ1) is 11.0. The van der Waals surface area contributed by atoms with Crippen LogP contribution in [0.1, 0.15) is 17.3 Å². The summed E-state index contributed by atoms with van der Waals surface area (Å²) in [7, 11) is 1.53. The molecule has 23 heavy (non-hydrogen) atoms. The van der Waals surface area contributed by atoms with E-state index in [9.17, 15) is 14.7 Å². The standard InChI is InChI=1S/C17H17NO4S/c1-11(23-15-10-6-3-7-12(15)17(20)21)16(19)18-13-8-4-5-9-14(13)22-2/h3-11H,1-2H3,(H,18,19)(H,20,21)/t11-/m1/s1. The van der Waals surface area contributed by atoms with Gasteiger partial charge in [0.2, 0.25) is 5.91 Å². The lowest BCUT2D eigenvalue weighted by atomic mass is 10.2. The predicted molar refractivity (Wildman–Crippen MR) is 90.3 cm³/mol. The number of carbonyl (C=O) groups excluding carboxylic acids is 1. The molecule has 0 aliphatic carbocycles. The Morgan fingerprint density at radius 3 is 2.48 bits per heavy atom. The highest BCUT2D eigenvalue weighted by molar-refractivity contribution is 8.00. The maximum absolute atomic E-state index is 12.3. The van der Waals surface area contributed by atoms with Crippen molar-refractivity contribution in [3.63, 3.8) is 0 Å². The van der Waals surface area contributed by atoms with Crippen LogP contribution < -0.4 is 10.1 Å². The third-order valence-electron chi connectivity index (χ3n) is 3.16. The Morgan fingerprint density at radius 2 is 1.78 bits per heavy atom. The maximum Gasteiger partial charge on any atom is 0.336 e. The summed E-state index contributed by atoms with van der Waals surface area (Å²) < 4.78 is 5.20. The number of aromatic carboxylic acids is 1. The summed E-state index contributed by atoms with van der Waals surface area (Å²) in [6.45, 7) is 1.73. The Hall–Kier alpha value is -2.47. The van der Waals surface area contributed by atoms with Gasteiger partial charge in [-0.05, 0) is 31.2 Å². The van der Waals surface area contributed by atoms with Gasteiger partial charge in [0, 0.05) is 4.90 Å².